The lowest BCUT2D eigenvalue weighted by Crippen LogP contribution is -2.24. The number of hydrogen-bond donors (Lipinski definition) is 1. The van der Waals surface area contributed by atoms with Crippen LogP contribution >= 0.6 is 11.6 Å². The fourth-order valence-electron chi connectivity index (χ4n) is 2.23. The Morgan fingerprint density at radius 3 is 2.72 bits per heavy atom. The summed E-state index contributed by atoms with van der Waals surface area (Å²) in [5, 5.41) is 7.50. The van der Waals surface area contributed by atoms with Crippen molar-refractivity contribution in [3.8, 4) is 0 Å². The summed E-state index contributed by atoms with van der Waals surface area (Å²) in [6.07, 6.45) is 3.13. The molecule has 1 heterocycles. The van der Waals surface area contributed by atoms with Crippen molar-refractivity contribution < 1.29 is 14.3 Å². The number of amides is 1. The Hall–Kier alpha value is -2.60. The quantitative estimate of drug-likeness (QED) is 0.607. The van der Waals surface area contributed by atoms with Crippen LogP contribution in [0, 0.1) is 6.92 Å². The van der Waals surface area contributed by atoms with Crippen LogP contribution in [0.4, 0.5) is 0 Å². The van der Waals surface area contributed by atoms with E-state index in [1.165, 1.54) is 13.2 Å². The standard InChI is InChI=1S/C18H20ClN3O3/c1-13-15(8-9-16(23)20-11-10-17(24)25-2)18(19)22(21-13)12-14-6-4-3-5-7-14/h3-9H,10-12H2,1-2H3,(H,20,23)/b9-8+. The molecule has 1 aromatic carbocycles. The molecule has 0 saturated carbocycles. The van der Waals surface area contributed by atoms with E-state index in [0.717, 1.165) is 11.3 Å². The van der Waals surface area contributed by atoms with Crippen LogP contribution in [0.1, 0.15) is 23.2 Å². The minimum Gasteiger partial charge on any atom is -0.469 e. The Balaban J connectivity index is 2.00. The number of carbonyl (C=O) groups is 2. The predicted octanol–water partition coefficient (Wildman–Crippen LogP) is 2.59. The fraction of sp³-hybridized carbons (Fsp3) is 0.278. The van der Waals surface area contributed by atoms with Gasteiger partial charge in [0.15, 0.2) is 0 Å². The van der Waals surface area contributed by atoms with Crippen LogP contribution in [-0.4, -0.2) is 35.3 Å². The summed E-state index contributed by atoms with van der Waals surface area (Å²) in [6.45, 7) is 2.61. The Labute approximate surface area is 151 Å². The van der Waals surface area contributed by atoms with E-state index < -0.39 is 0 Å². The molecule has 6 nitrogen and oxygen atoms in total. The van der Waals surface area contributed by atoms with Gasteiger partial charge in [-0.25, -0.2) is 4.68 Å². The number of ether oxygens (including phenoxy) is 1. The third-order valence-corrected chi connectivity index (χ3v) is 3.94. The van der Waals surface area contributed by atoms with Gasteiger partial charge in [-0.05, 0) is 18.6 Å². The summed E-state index contributed by atoms with van der Waals surface area (Å²) in [5.41, 5.74) is 2.52. The molecule has 2 rings (SSSR count). The number of nitrogens with zero attached hydrogens (tertiary/aromatic N) is 2. The average Bonchev–Trinajstić information content (AvgIpc) is 2.87. The lowest BCUT2D eigenvalue weighted by atomic mass is 10.2. The van der Waals surface area contributed by atoms with Crippen molar-refractivity contribution in [2.75, 3.05) is 13.7 Å². The third kappa shape index (κ3) is 5.46. The number of benzene rings is 1. The number of carbonyl (C=O) groups excluding carboxylic acids is 2. The normalized spacial score (nSPS) is 10.8. The molecule has 25 heavy (non-hydrogen) atoms. The Morgan fingerprint density at radius 1 is 1.32 bits per heavy atom. The van der Waals surface area contributed by atoms with Gasteiger partial charge in [0, 0.05) is 18.2 Å². The lowest BCUT2D eigenvalue weighted by Gasteiger charge is -2.03. The van der Waals surface area contributed by atoms with Gasteiger partial charge in [-0.15, -0.1) is 0 Å². The van der Waals surface area contributed by atoms with Crippen molar-refractivity contribution in [3.63, 3.8) is 0 Å². The molecule has 7 heteroatoms. The van der Waals surface area contributed by atoms with Gasteiger partial charge in [-0.3, -0.25) is 9.59 Å². The van der Waals surface area contributed by atoms with Gasteiger partial charge in [0.1, 0.15) is 5.15 Å². The summed E-state index contributed by atoms with van der Waals surface area (Å²) in [4.78, 5) is 22.8. The highest BCUT2D eigenvalue weighted by Crippen LogP contribution is 2.22. The van der Waals surface area contributed by atoms with Crippen molar-refractivity contribution in [2.24, 2.45) is 0 Å². The molecule has 0 spiro atoms. The molecule has 0 saturated heterocycles. The molecule has 0 fully saturated rings. The zero-order chi connectivity index (χ0) is 18.2. The molecule has 0 bridgehead atoms. The van der Waals surface area contributed by atoms with E-state index >= 15 is 0 Å². The summed E-state index contributed by atoms with van der Waals surface area (Å²) >= 11 is 6.38. The van der Waals surface area contributed by atoms with E-state index in [1.807, 2.05) is 37.3 Å². The van der Waals surface area contributed by atoms with Crippen LogP contribution in [0.5, 0.6) is 0 Å². The average molecular weight is 362 g/mol. The summed E-state index contributed by atoms with van der Waals surface area (Å²) in [6, 6.07) is 9.86. The van der Waals surface area contributed by atoms with Gasteiger partial charge in [-0.1, -0.05) is 41.9 Å². The zero-order valence-corrected chi connectivity index (χ0v) is 14.9. The van der Waals surface area contributed by atoms with Crippen molar-refractivity contribution in [2.45, 2.75) is 19.9 Å². The highest BCUT2D eigenvalue weighted by atomic mass is 35.5. The largest absolute Gasteiger partial charge is 0.469 e. The predicted molar refractivity (Wildman–Crippen MR) is 96.2 cm³/mol. The molecule has 0 radical (unpaired) electrons. The first-order valence-corrected chi connectivity index (χ1v) is 8.18. The Morgan fingerprint density at radius 2 is 2.04 bits per heavy atom. The van der Waals surface area contributed by atoms with E-state index in [0.29, 0.717) is 17.3 Å². The number of hydrogen-bond acceptors (Lipinski definition) is 4. The second-order valence-corrected chi connectivity index (χ2v) is 5.74. The molecular formula is C18H20ClN3O3. The third-order valence-electron chi connectivity index (χ3n) is 3.54. The lowest BCUT2D eigenvalue weighted by molar-refractivity contribution is -0.140. The van der Waals surface area contributed by atoms with Crippen molar-refractivity contribution in [1.82, 2.24) is 15.1 Å². The molecule has 132 valence electrons. The summed E-state index contributed by atoms with van der Waals surface area (Å²) < 4.78 is 6.20. The minimum atomic E-state index is -0.370. The van der Waals surface area contributed by atoms with Crippen LogP contribution in [0.25, 0.3) is 6.08 Å². The van der Waals surface area contributed by atoms with Crippen LogP contribution in [0.3, 0.4) is 0 Å². The smallest absolute Gasteiger partial charge is 0.307 e. The molecule has 1 aromatic heterocycles. The van der Waals surface area contributed by atoms with Crippen molar-refractivity contribution in [3.05, 3.63) is 58.4 Å². The Bertz CT molecular complexity index is 769. The molecule has 0 aliphatic rings. The minimum absolute atomic E-state index is 0.130. The molecule has 0 aliphatic carbocycles. The monoisotopic (exact) mass is 361 g/mol. The topological polar surface area (TPSA) is 73.2 Å². The Kier molecular flexibility index (Phi) is 6.77. The van der Waals surface area contributed by atoms with Gasteiger partial charge in [0.2, 0.25) is 5.91 Å². The molecular weight excluding hydrogens is 342 g/mol. The van der Waals surface area contributed by atoms with Crippen LogP contribution < -0.4 is 5.32 Å². The molecule has 0 atom stereocenters. The number of halogens is 1. The number of aromatic nitrogens is 2. The van der Waals surface area contributed by atoms with Gasteiger partial charge >= 0.3 is 5.97 Å². The number of methoxy groups -OCH3 is 1. The highest BCUT2D eigenvalue weighted by Gasteiger charge is 2.11. The molecule has 2 aromatic rings. The summed E-state index contributed by atoms with van der Waals surface area (Å²) in [7, 11) is 1.31. The first-order chi connectivity index (χ1) is 12.0. The second kappa shape index (κ2) is 9.03. The number of nitrogens with one attached hydrogen (secondary N) is 1. The van der Waals surface area contributed by atoms with E-state index in [2.05, 4.69) is 15.2 Å². The number of esters is 1. The maximum Gasteiger partial charge on any atom is 0.307 e. The van der Waals surface area contributed by atoms with E-state index in [9.17, 15) is 9.59 Å². The maximum absolute atomic E-state index is 11.8. The van der Waals surface area contributed by atoms with E-state index in [-0.39, 0.29) is 24.8 Å². The van der Waals surface area contributed by atoms with Crippen LogP contribution in [-0.2, 0) is 20.9 Å². The molecule has 0 aliphatic heterocycles. The van der Waals surface area contributed by atoms with Gasteiger partial charge in [0.05, 0.1) is 25.8 Å². The van der Waals surface area contributed by atoms with Crippen LogP contribution in [0.15, 0.2) is 36.4 Å². The first-order valence-electron chi connectivity index (χ1n) is 7.81. The zero-order valence-electron chi connectivity index (χ0n) is 14.2. The fourth-order valence-corrected chi connectivity index (χ4v) is 2.52. The maximum atomic E-state index is 11.8. The molecule has 1 N–H and O–H groups in total. The van der Waals surface area contributed by atoms with E-state index in [1.54, 1.807) is 10.8 Å². The van der Waals surface area contributed by atoms with Crippen LogP contribution in [0.2, 0.25) is 5.15 Å². The second-order valence-electron chi connectivity index (χ2n) is 5.38. The number of rotatable bonds is 7. The molecule has 0 unspecified atom stereocenters. The van der Waals surface area contributed by atoms with Gasteiger partial charge < -0.3 is 10.1 Å². The van der Waals surface area contributed by atoms with E-state index in [4.69, 9.17) is 11.6 Å². The van der Waals surface area contributed by atoms with Gasteiger partial charge in [-0.2, -0.15) is 5.10 Å². The highest BCUT2D eigenvalue weighted by molar-refractivity contribution is 6.31. The first kappa shape index (κ1) is 18.7. The molecule has 1 amide bonds. The SMILES string of the molecule is COC(=O)CCNC(=O)/C=C/c1c(C)nn(Cc2ccccc2)c1Cl. The number of aryl methyl sites for hydroxylation is 1. The van der Waals surface area contributed by atoms with Crippen molar-refractivity contribution >= 4 is 29.6 Å². The van der Waals surface area contributed by atoms with Crippen molar-refractivity contribution in [1.29, 1.82) is 0 Å². The summed E-state index contributed by atoms with van der Waals surface area (Å²) in [5.74, 6) is -0.680. The van der Waals surface area contributed by atoms with Gasteiger partial charge in [0.25, 0.3) is 0 Å².